The minimum atomic E-state index is 0.399. The second-order valence-electron chi connectivity index (χ2n) is 7.10. The zero-order chi connectivity index (χ0) is 13.0. The molecule has 0 aromatic heterocycles. The number of anilines is 1. The summed E-state index contributed by atoms with van der Waals surface area (Å²) in [6.45, 7) is 1.97. The van der Waals surface area contributed by atoms with E-state index in [-0.39, 0.29) is 0 Å². The SMILES string of the molecule is Cc1cc(NC2C3CC4CC(C3)CC2C4)ccc1O. The monoisotopic (exact) mass is 257 g/mol. The predicted molar refractivity (Wildman–Crippen MR) is 77.3 cm³/mol. The second kappa shape index (κ2) is 4.16. The Balaban J connectivity index is 1.55. The lowest BCUT2D eigenvalue weighted by Crippen LogP contribution is -2.51. The number of nitrogens with one attached hydrogen (secondary N) is 1. The molecule has 1 aromatic carbocycles. The number of aromatic hydroxyl groups is 1. The maximum absolute atomic E-state index is 9.62. The third kappa shape index (κ3) is 1.92. The Morgan fingerprint density at radius 3 is 2.21 bits per heavy atom. The molecule has 2 heteroatoms. The standard InChI is InChI=1S/C17H23NO/c1-10-4-15(2-3-16(10)19)18-17-13-6-11-5-12(8-13)9-14(17)7-11/h2-4,11-14,17-19H,5-9H2,1H3. The molecule has 0 spiro atoms. The fourth-order valence-corrected chi connectivity index (χ4v) is 5.10. The van der Waals surface area contributed by atoms with E-state index in [1.807, 2.05) is 19.1 Å². The Hall–Kier alpha value is -1.18. The van der Waals surface area contributed by atoms with E-state index in [1.54, 1.807) is 0 Å². The molecule has 4 aliphatic rings. The third-order valence-corrected chi connectivity index (χ3v) is 5.76. The molecule has 5 rings (SSSR count). The van der Waals surface area contributed by atoms with Gasteiger partial charge in [-0.2, -0.15) is 0 Å². The first-order chi connectivity index (χ1) is 9.19. The average molecular weight is 257 g/mol. The molecule has 0 radical (unpaired) electrons. The minimum Gasteiger partial charge on any atom is -0.508 e. The highest BCUT2D eigenvalue weighted by molar-refractivity contribution is 5.51. The van der Waals surface area contributed by atoms with Crippen molar-refractivity contribution >= 4 is 5.69 Å². The van der Waals surface area contributed by atoms with Gasteiger partial charge in [-0.15, -0.1) is 0 Å². The van der Waals surface area contributed by atoms with Gasteiger partial charge in [0.1, 0.15) is 5.75 Å². The molecule has 0 amide bonds. The Kier molecular flexibility index (Phi) is 2.54. The van der Waals surface area contributed by atoms with Crippen LogP contribution in [0.15, 0.2) is 18.2 Å². The maximum Gasteiger partial charge on any atom is 0.118 e. The molecule has 0 atom stereocenters. The van der Waals surface area contributed by atoms with Gasteiger partial charge in [-0.05, 0) is 86.5 Å². The third-order valence-electron chi connectivity index (χ3n) is 5.76. The van der Waals surface area contributed by atoms with Gasteiger partial charge in [-0.25, -0.2) is 0 Å². The molecule has 102 valence electrons. The van der Waals surface area contributed by atoms with Crippen LogP contribution in [0.4, 0.5) is 5.69 Å². The highest BCUT2D eigenvalue weighted by atomic mass is 16.3. The molecule has 0 aliphatic heterocycles. The number of hydrogen-bond donors (Lipinski definition) is 2. The molecule has 4 bridgehead atoms. The molecule has 4 aliphatic carbocycles. The molecule has 4 fully saturated rings. The number of phenols is 1. The minimum absolute atomic E-state index is 0.399. The van der Waals surface area contributed by atoms with Crippen LogP contribution in [-0.2, 0) is 0 Å². The first-order valence-electron chi connectivity index (χ1n) is 7.75. The molecular weight excluding hydrogens is 234 g/mol. The first-order valence-corrected chi connectivity index (χ1v) is 7.75. The van der Waals surface area contributed by atoms with Gasteiger partial charge in [-0.1, -0.05) is 0 Å². The van der Waals surface area contributed by atoms with E-state index < -0.39 is 0 Å². The topological polar surface area (TPSA) is 32.3 Å². The molecule has 0 saturated heterocycles. The van der Waals surface area contributed by atoms with Gasteiger partial charge in [0, 0.05) is 11.7 Å². The summed E-state index contributed by atoms with van der Waals surface area (Å²) < 4.78 is 0. The second-order valence-corrected chi connectivity index (χ2v) is 7.10. The quantitative estimate of drug-likeness (QED) is 0.787. The Morgan fingerprint density at radius 1 is 1.00 bits per heavy atom. The van der Waals surface area contributed by atoms with E-state index in [1.165, 1.54) is 37.8 Å². The summed E-state index contributed by atoms with van der Waals surface area (Å²) in [4.78, 5) is 0. The van der Waals surface area contributed by atoms with E-state index in [0.717, 1.165) is 29.2 Å². The van der Waals surface area contributed by atoms with E-state index in [2.05, 4.69) is 11.4 Å². The number of hydrogen-bond acceptors (Lipinski definition) is 2. The van der Waals surface area contributed by atoms with Crippen molar-refractivity contribution in [2.24, 2.45) is 23.7 Å². The smallest absolute Gasteiger partial charge is 0.118 e. The fraction of sp³-hybridized carbons (Fsp3) is 0.647. The van der Waals surface area contributed by atoms with E-state index in [9.17, 15) is 5.11 Å². The molecule has 19 heavy (non-hydrogen) atoms. The van der Waals surface area contributed by atoms with Gasteiger partial charge < -0.3 is 10.4 Å². The van der Waals surface area contributed by atoms with Crippen LogP contribution in [-0.4, -0.2) is 11.1 Å². The predicted octanol–water partition coefficient (Wildman–Crippen LogP) is 3.94. The van der Waals surface area contributed by atoms with Gasteiger partial charge in [0.05, 0.1) is 0 Å². The summed E-state index contributed by atoms with van der Waals surface area (Å²) in [5.41, 5.74) is 2.15. The van der Waals surface area contributed by atoms with Gasteiger partial charge >= 0.3 is 0 Å². The summed E-state index contributed by atoms with van der Waals surface area (Å²) in [6.07, 6.45) is 7.30. The highest BCUT2D eigenvalue weighted by Crippen LogP contribution is 2.54. The lowest BCUT2D eigenvalue weighted by molar-refractivity contribution is 0.00754. The zero-order valence-corrected chi connectivity index (χ0v) is 11.6. The van der Waals surface area contributed by atoms with Crippen LogP contribution >= 0.6 is 0 Å². The summed E-state index contributed by atoms with van der Waals surface area (Å²) in [7, 11) is 0. The van der Waals surface area contributed by atoms with Crippen molar-refractivity contribution in [3.63, 3.8) is 0 Å². The number of benzene rings is 1. The zero-order valence-electron chi connectivity index (χ0n) is 11.6. The molecule has 1 aromatic rings. The van der Waals surface area contributed by atoms with Gasteiger partial charge in [0.25, 0.3) is 0 Å². The van der Waals surface area contributed by atoms with Crippen molar-refractivity contribution < 1.29 is 5.11 Å². The molecular formula is C17H23NO. The van der Waals surface area contributed by atoms with Crippen molar-refractivity contribution in [2.45, 2.75) is 45.1 Å². The van der Waals surface area contributed by atoms with Crippen LogP contribution in [0.3, 0.4) is 0 Å². The Morgan fingerprint density at radius 2 is 1.63 bits per heavy atom. The van der Waals surface area contributed by atoms with Gasteiger partial charge in [0.2, 0.25) is 0 Å². The van der Waals surface area contributed by atoms with Crippen LogP contribution < -0.4 is 5.32 Å². The average Bonchev–Trinajstić information content (AvgIpc) is 2.37. The largest absolute Gasteiger partial charge is 0.508 e. The summed E-state index contributed by atoms with van der Waals surface area (Å²) in [6, 6.07) is 6.60. The summed E-state index contributed by atoms with van der Waals surface area (Å²) in [5.74, 6) is 4.25. The lowest BCUT2D eigenvalue weighted by Gasteiger charge is -2.54. The maximum atomic E-state index is 9.62. The number of rotatable bonds is 2. The van der Waals surface area contributed by atoms with Crippen molar-refractivity contribution in [3.05, 3.63) is 23.8 Å². The van der Waals surface area contributed by atoms with Crippen molar-refractivity contribution in [2.75, 3.05) is 5.32 Å². The van der Waals surface area contributed by atoms with Crippen molar-refractivity contribution in [1.29, 1.82) is 0 Å². The van der Waals surface area contributed by atoms with Crippen LogP contribution in [0.2, 0.25) is 0 Å². The molecule has 0 unspecified atom stereocenters. The van der Waals surface area contributed by atoms with Crippen molar-refractivity contribution in [3.8, 4) is 5.75 Å². The van der Waals surface area contributed by atoms with Crippen LogP contribution in [0.25, 0.3) is 0 Å². The van der Waals surface area contributed by atoms with Crippen molar-refractivity contribution in [1.82, 2.24) is 0 Å². The highest BCUT2D eigenvalue weighted by Gasteiger charge is 2.48. The van der Waals surface area contributed by atoms with E-state index in [0.29, 0.717) is 11.8 Å². The summed E-state index contributed by atoms with van der Waals surface area (Å²) >= 11 is 0. The molecule has 4 saturated carbocycles. The van der Waals surface area contributed by atoms with E-state index in [4.69, 9.17) is 0 Å². The van der Waals surface area contributed by atoms with Crippen LogP contribution in [0, 0.1) is 30.6 Å². The van der Waals surface area contributed by atoms with Gasteiger partial charge in [0.15, 0.2) is 0 Å². The molecule has 0 heterocycles. The summed E-state index contributed by atoms with van der Waals surface area (Å²) in [5, 5.41) is 13.4. The number of aryl methyl sites for hydroxylation is 1. The van der Waals surface area contributed by atoms with E-state index >= 15 is 0 Å². The van der Waals surface area contributed by atoms with Gasteiger partial charge in [-0.3, -0.25) is 0 Å². The molecule has 2 N–H and O–H groups in total. The Labute approximate surface area is 115 Å². The molecule has 2 nitrogen and oxygen atoms in total. The first kappa shape index (κ1) is 11.6. The normalized spacial score (nSPS) is 39.5. The van der Waals surface area contributed by atoms with Crippen LogP contribution in [0.5, 0.6) is 5.75 Å². The number of phenolic OH excluding ortho intramolecular Hbond substituents is 1. The Bertz CT molecular complexity index is 468. The van der Waals surface area contributed by atoms with Crippen LogP contribution in [0.1, 0.15) is 37.7 Å². The lowest BCUT2D eigenvalue weighted by atomic mass is 9.54. The fourth-order valence-electron chi connectivity index (χ4n) is 5.10.